The van der Waals surface area contributed by atoms with Crippen LogP contribution in [0.25, 0.3) is 0 Å². The quantitative estimate of drug-likeness (QED) is 0.0259. The Morgan fingerprint density at radius 1 is 0.592 bits per heavy atom. The van der Waals surface area contributed by atoms with Gasteiger partial charge in [0.05, 0.1) is 6.54 Å². The maximum absolute atomic E-state index is 13.2. The molecular weight excluding hydrogens is 608 g/mol. The zero-order valence-electron chi connectivity index (χ0n) is 32.9. The van der Waals surface area contributed by atoms with Crippen molar-refractivity contribution in [2.75, 3.05) is 26.2 Å². The maximum Gasteiger partial charge on any atom is 0.278 e. The van der Waals surface area contributed by atoms with E-state index in [1.807, 2.05) is 4.90 Å². The summed E-state index contributed by atoms with van der Waals surface area (Å²) in [5.41, 5.74) is 13.3. The minimum atomic E-state index is -0.422. The van der Waals surface area contributed by atoms with Gasteiger partial charge in [0.1, 0.15) is 0 Å². The predicted octanol–water partition coefficient (Wildman–Crippen LogP) is 7.52. The van der Waals surface area contributed by atoms with Crippen molar-refractivity contribution in [2.24, 2.45) is 5.73 Å². The van der Waals surface area contributed by atoms with Gasteiger partial charge in [-0.3, -0.25) is 20.6 Å². The van der Waals surface area contributed by atoms with Crippen LogP contribution in [0.4, 0.5) is 0 Å². The third-order valence-corrected chi connectivity index (χ3v) is 9.76. The van der Waals surface area contributed by atoms with E-state index < -0.39 is 6.04 Å². The average Bonchev–Trinajstić information content (AvgIpc) is 3.09. The number of quaternary nitrogens is 2. The van der Waals surface area contributed by atoms with Gasteiger partial charge in [-0.05, 0) is 38.5 Å². The maximum atomic E-state index is 13.2. The van der Waals surface area contributed by atoms with Gasteiger partial charge in [-0.25, -0.2) is 0 Å². The molecule has 8 nitrogen and oxygen atoms in total. The summed E-state index contributed by atoms with van der Waals surface area (Å²) in [7, 11) is 0. The number of nitrogens with zero attached hydrogens (tertiary/aromatic N) is 1. The number of carbonyl (C=O) groups is 2. The molecule has 2 unspecified atom stereocenters. The molecule has 0 rings (SSSR count). The first-order chi connectivity index (χ1) is 23.9. The lowest BCUT2D eigenvalue weighted by atomic mass is 10.0. The summed E-state index contributed by atoms with van der Waals surface area (Å²) in [5.74, 6) is -0.151. The lowest BCUT2D eigenvalue weighted by Crippen LogP contribution is -2.74. The highest BCUT2D eigenvalue weighted by Crippen LogP contribution is 2.14. The van der Waals surface area contributed by atoms with E-state index in [9.17, 15) is 9.59 Å². The molecule has 0 saturated carbocycles. The molecule has 0 heterocycles. The van der Waals surface area contributed by atoms with Crippen molar-refractivity contribution in [3.63, 3.8) is 0 Å². The monoisotopic (exact) mass is 695 g/mol. The van der Waals surface area contributed by atoms with Crippen LogP contribution < -0.4 is 27.8 Å². The van der Waals surface area contributed by atoms with E-state index in [1.54, 1.807) is 0 Å². The molecule has 0 saturated heterocycles. The third-order valence-electron chi connectivity index (χ3n) is 9.76. The molecule has 0 aromatic heterocycles. The smallest absolute Gasteiger partial charge is 0.278 e. The lowest BCUT2D eigenvalue weighted by Gasteiger charge is -2.23. The summed E-state index contributed by atoms with van der Waals surface area (Å²) in [6, 6.07) is -0.422. The highest BCUT2D eigenvalue weighted by molar-refractivity contribution is 5.86. The largest absolute Gasteiger partial charge is 0.347 e. The minimum Gasteiger partial charge on any atom is -0.347 e. The summed E-state index contributed by atoms with van der Waals surface area (Å²) in [5, 5.41) is 5.84. The molecule has 0 fully saturated rings. The number of hydrogen-bond acceptors (Lipinski definition) is 4. The van der Waals surface area contributed by atoms with Gasteiger partial charge in [-0.15, -0.1) is 0 Å². The van der Waals surface area contributed by atoms with Gasteiger partial charge < -0.3 is 21.7 Å². The molecule has 8 heteroatoms. The first-order valence-corrected chi connectivity index (χ1v) is 21.3. The summed E-state index contributed by atoms with van der Waals surface area (Å²) in [4.78, 5) is 27.7. The van der Waals surface area contributed by atoms with Gasteiger partial charge in [-0.2, -0.15) is 0 Å². The summed E-state index contributed by atoms with van der Waals surface area (Å²) >= 11 is 0. The number of rotatable bonds is 38. The standard InChI is InChI=1S/C41H84N6O2/c1-3-5-7-9-11-13-15-17-19-20-22-24-26-28-30-32-36-47(39(48)37-46-40(49)38(42)33-34-45-41(43)44)35-31-29-27-25-23-21-18-16-14-12-10-8-6-4-2/h17,19,38,41,45H,3-16,18,20-37,42-44H2,1-2H3,(H,46,49)/p+2/b19-17+. The number of carbonyl (C=O) groups excluding carboxylic acids is 2. The zero-order valence-corrected chi connectivity index (χ0v) is 32.9. The fraction of sp³-hybridized carbons (Fsp3) is 0.902. The molecule has 49 heavy (non-hydrogen) atoms. The van der Waals surface area contributed by atoms with Crippen molar-refractivity contribution in [1.29, 1.82) is 0 Å². The van der Waals surface area contributed by atoms with Gasteiger partial charge in [0.2, 0.25) is 5.91 Å². The Labute approximate surface area is 304 Å². The second-order valence-electron chi connectivity index (χ2n) is 14.7. The van der Waals surface area contributed by atoms with Crippen LogP contribution in [0.2, 0.25) is 0 Å². The van der Waals surface area contributed by atoms with Crippen molar-refractivity contribution in [2.45, 2.75) is 212 Å². The van der Waals surface area contributed by atoms with Gasteiger partial charge >= 0.3 is 0 Å². The van der Waals surface area contributed by atoms with E-state index in [4.69, 9.17) is 5.73 Å². The molecule has 0 aliphatic heterocycles. The summed E-state index contributed by atoms with van der Waals surface area (Å²) < 4.78 is 0. The molecule has 0 aliphatic rings. The second-order valence-corrected chi connectivity index (χ2v) is 14.7. The Kier molecular flexibility index (Phi) is 36.6. The Bertz CT molecular complexity index is 748. The Morgan fingerprint density at radius 3 is 1.35 bits per heavy atom. The van der Waals surface area contributed by atoms with E-state index in [0.29, 0.717) is 13.0 Å². The van der Waals surface area contributed by atoms with Gasteiger partial charge in [-0.1, -0.05) is 167 Å². The first-order valence-electron chi connectivity index (χ1n) is 21.3. The van der Waals surface area contributed by atoms with E-state index in [0.717, 1.165) is 32.4 Å². The van der Waals surface area contributed by atoms with Crippen LogP contribution in [-0.4, -0.2) is 55.2 Å². The fourth-order valence-electron chi connectivity index (χ4n) is 6.40. The second kappa shape index (κ2) is 37.8. The van der Waals surface area contributed by atoms with Crippen LogP contribution in [0.5, 0.6) is 0 Å². The third kappa shape index (κ3) is 34.7. The van der Waals surface area contributed by atoms with Gasteiger partial charge in [0, 0.05) is 26.1 Å². The van der Waals surface area contributed by atoms with Crippen LogP contribution in [0, 0.1) is 0 Å². The SMILES string of the molecule is CCCCCCCC/C=C/CCCCCCCCN(CCCCCCCCCCCCCCCC)C(=O)CNC(=O)C([NH3+])CCNC(N)[NH3+]. The van der Waals surface area contributed by atoms with E-state index in [-0.39, 0.29) is 24.6 Å². The predicted molar refractivity (Wildman–Crippen MR) is 210 cm³/mol. The normalized spacial score (nSPS) is 12.8. The van der Waals surface area contributed by atoms with Crippen LogP contribution in [-0.2, 0) is 9.59 Å². The molecule has 0 aliphatic carbocycles. The number of unbranched alkanes of at least 4 members (excludes halogenated alkanes) is 25. The van der Waals surface area contributed by atoms with Crippen molar-refractivity contribution in [1.82, 2.24) is 15.5 Å². The Balaban J connectivity index is 4.26. The topological polar surface area (TPSA) is 143 Å². The molecule has 10 N–H and O–H groups in total. The number of hydrogen-bond donors (Lipinski definition) is 5. The van der Waals surface area contributed by atoms with Crippen molar-refractivity contribution < 1.29 is 21.1 Å². The summed E-state index contributed by atoms with van der Waals surface area (Å²) in [6.07, 6.45) is 41.5. The molecule has 2 amide bonds. The number of nitrogens with one attached hydrogen (secondary N) is 2. The van der Waals surface area contributed by atoms with Crippen molar-refractivity contribution in [3.05, 3.63) is 12.2 Å². The van der Waals surface area contributed by atoms with Crippen LogP contribution in [0.1, 0.15) is 200 Å². The van der Waals surface area contributed by atoms with Crippen LogP contribution in [0.3, 0.4) is 0 Å². The number of nitrogens with two attached hydrogens (primary N) is 1. The molecule has 0 bridgehead atoms. The fourth-order valence-corrected chi connectivity index (χ4v) is 6.40. The number of amides is 2. The van der Waals surface area contributed by atoms with Crippen LogP contribution in [0.15, 0.2) is 12.2 Å². The molecule has 0 spiro atoms. The van der Waals surface area contributed by atoms with Gasteiger partial charge in [0.25, 0.3) is 5.91 Å². The average molecular weight is 695 g/mol. The molecule has 290 valence electrons. The highest BCUT2D eigenvalue weighted by Gasteiger charge is 2.20. The Hall–Kier alpha value is -1.48. The summed E-state index contributed by atoms with van der Waals surface area (Å²) in [6.45, 7) is 6.75. The lowest BCUT2D eigenvalue weighted by molar-refractivity contribution is -0.429. The van der Waals surface area contributed by atoms with Crippen molar-refractivity contribution >= 4 is 11.8 Å². The van der Waals surface area contributed by atoms with E-state index in [1.165, 1.54) is 161 Å². The minimum absolute atomic E-state index is 0.0286. The Morgan fingerprint density at radius 2 is 0.959 bits per heavy atom. The molecular formula is C41H86N6O2+2. The zero-order chi connectivity index (χ0) is 36.0. The molecule has 0 aromatic carbocycles. The highest BCUT2D eigenvalue weighted by atomic mass is 16.2. The van der Waals surface area contributed by atoms with Crippen LogP contribution >= 0.6 is 0 Å². The molecule has 2 atom stereocenters. The van der Waals surface area contributed by atoms with Crippen molar-refractivity contribution in [3.8, 4) is 0 Å². The van der Waals surface area contributed by atoms with E-state index in [2.05, 4.69) is 48.1 Å². The first kappa shape index (κ1) is 47.5. The molecule has 0 radical (unpaired) electrons. The van der Waals surface area contributed by atoms with Gasteiger partial charge in [0.15, 0.2) is 12.3 Å². The van der Waals surface area contributed by atoms with E-state index >= 15 is 0 Å². The molecule has 0 aromatic rings. The number of allylic oxidation sites excluding steroid dienone is 2.